The smallest absolute Gasteiger partial charge is 0.322 e. The van der Waals surface area contributed by atoms with Crippen LogP contribution in [0.15, 0.2) is 36.7 Å². The molecule has 186 valence electrons. The van der Waals surface area contributed by atoms with Crippen molar-refractivity contribution in [3.8, 4) is 0 Å². The van der Waals surface area contributed by atoms with Gasteiger partial charge in [-0.05, 0) is 43.5 Å². The molecule has 0 bridgehead atoms. The molecule has 0 radical (unpaired) electrons. The number of carbonyl (C=O) groups excluding carboxylic acids is 1. The predicted octanol–water partition coefficient (Wildman–Crippen LogP) is 2.93. The number of halogens is 2. The average Bonchev–Trinajstić information content (AvgIpc) is 3.54. The van der Waals surface area contributed by atoms with Crippen LogP contribution < -0.4 is 10.2 Å². The number of aromatic nitrogens is 3. The Morgan fingerprint density at radius 1 is 1.20 bits per heavy atom. The molecule has 4 heterocycles. The molecular weight excluding hydrogens is 482 g/mol. The van der Waals surface area contributed by atoms with Gasteiger partial charge >= 0.3 is 6.03 Å². The van der Waals surface area contributed by atoms with E-state index in [0.717, 1.165) is 24.8 Å². The Morgan fingerprint density at radius 3 is 2.83 bits per heavy atom. The molecule has 10 nitrogen and oxygen atoms in total. The van der Waals surface area contributed by atoms with E-state index in [-0.39, 0.29) is 18.2 Å². The standard InChI is InChI=1S/C22H24F2N6O4S/c1-35(32,33)34-15-6-9-28(13-15)22(31)26-18-12-25-30-10-7-20(27-21(18)30)29-8-2-3-19(29)16-11-14(23)4-5-17(16)24/h4-5,7,10-12,15,19H,2-3,6,8-9,13H2,1H3,(H,26,31)/t15-,19+/m0/s1. The normalized spacial score (nSPS) is 20.7. The second-order valence-electron chi connectivity index (χ2n) is 8.72. The van der Waals surface area contributed by atoms with E-state index in [2.05, 4.69) is 15.4 Å². The first kappa shape index (κ1) is 23.4. The van der Waals surface area contributed by atoms with E-state index in [1.54, 1.807) is 12.3 Å². The van der Waals surface area contributed by atoms with Crippen LogP contribution in [0.3, 0.4) is 0 Å². The maximum atomic E-state index is 14.5. The minimum atomic E-state index is -3.61. The SMILES string of the molecule is CS(=O)(=O)O[C@H]1CCN(C(=O)Nc2cnn3ccc(N4CCC[C@@H]4c4cc(F)ccc4F)nc23)C1. The number of carbonyl (C=O) groups is 1. The minimum Gasteiger partial charge on any atom is -0.349 e. The fraction of sp³-hybridized carbons (Fsp3) is 0.409. The predicted molar refractivity (Wildman–Crippen MR) is 124 cm³/mol. The molecule has 2 saturated heterocycles. The fourth-order valence-electron chi connectivity index (χ4n) is 4.67. The van der Waals surface area contributed by atoms with E-state index in [1.165, 1.54) is 21.7 Å². The third-order valence-electron chi connectivity index (χ3n) is 6.20. The van der Waals surface area contributed by atoms with Crippen LogP contribution in [0.2, 0.25) is 0 Å². The van der Waals surface area contributed by atoms with Gasteiger partial charge in [0.1, 0.15) is 23.1 Å². The summed E-state index contributed by atoms with van der Waals surface area (Å²) in [6, 6.07) is 4.41. The molecule has 2 amide bonds. The van der Waals surface area contributed by atoms with E-state index in [0.29, 0.717) is 43.1 Å². The van der Waals surface area contributed by atoms with Gasteiger partial charge in [-0.1, -0.05) is 0 Å². The van der Waals surface area contributed by atoms with Crippen LogP contribution in [0, 0.1) is 11.6 Å². The Kier molecular flexibility index (Phi) is 6.05. The molecule has 0 unspecified atom stereocenters. The Morgan fingerprint density at radius 2 is 2.03 bits per heavy atom. The Bertz CT molecular complexity index is 1380. The molecule has 2 aliphatic rings. The number of hydrogen-bond donors (Lipinski definition) is 1. The molecule has 2 aliphatic heterocycles. The Balaban J connectivity index is 1.35. The minimum absolute atomic E-state index is 0.144. The lowest BCUT2D eigenvalue weighted by molar-refractivity contribution is 0.199. The Hall–Kier alpha value is -3.32. The van der Waals surface area contributed by atoms with Crippen molar-refractivity contribution in [2.45, 2.75) is 31.4 Å². The van der Waals surface area contributed by atoms with Gasteiger partial charge in [0.05, 0.1) is 31.1 Å². The lowest BCUT2D eigenvalue weighted by Crippen LogP contribution is -2.34. The van der Waals surface area contributed by atoms with Crippen LogP contribution in [0.25, 0.3) is 5.65 Å². The van der Waals surface area contributed by atoms with Crippen molar-refractivity contribution in [2.24, 2.45) is 0 Å². The molecular formula is C22H24F2N6O4S. The van der Waals surface area contributed by atoms with Crippen LogP contribution in [0.5, 0.6) is 0 Å². The quantitative estimate of drug-likeness (QED) is 0.530. The van der Waals surface area contributed by atoms with Crippen LogP contribution in [-0.4, -0.2) is 65.9 Å². The van der Waals surface area contributed by atoms with Crippen molar-refractivity contribution in [3.05, 3.63) is 53.9 Å². The van der Waals surface area contributed by atoms with E-state index in [4.69, 9.17) is 4.18 Å². The summed E-state index contributed by atoms with van der Waals surface area (Å²) in [6.45, 7) is 1.11. The topological polar surface area (TPSA) is 109 Å². The number of nitrogens with zero attached hydrogens (tertiary/aromatic N) is 5. The van der Waals surface area contributed by atoms with Gasteiger partial charge in [0.25, 0.3) is 10.1 Å². The zero-order valence-electron chi connectivity index (χ0n) is 18.9. The summed E-state index contributed by atoms with van der Waals surface area (Å²) < 4.78 is 57.5. The largest absolute Gasteiger partial charge is 0.349 e. The summed E-state index contributed by atoms with van der Waals surface area (Å²) in [5, 5.41) is 7.00. The summed E-state index contributed by atoms with van der Waals surface area (Å²) in [5.74, 6) is -0.406. The summed E-state index contributed by atoms with van der Waals surface area (Å²) in [7, 11) is -3.61. The van der Waals surface area contributed by atoms with Crippen LogP contribution in [0.1, 0.15) is 30.9 Å². The fourth-order valence-corrected chi connectivity index (χ4v) is 5.33. The molecule has 0 aliphatic carbocycles. The molecule has 2 aromatic heterocycles. The summed E-state index contributed by atoms with van der Waals surface area (Å²) in [6.07, 6.45) is 5.41. The van der Waals surface area contributed by atoms with E-state index < -0.39 is 33.9 Å². The highest BCUT2D eigenvalue weighted by Gasteiger charge is 2.31. The molecule has 35 heavy (non-hydrogen) atoms. The highest BCUT2D eigenvalue weighted by atomic mass is 32.2. The number of benzene rings is 1. The van der Waals surface area contributed by atoms with Crippen molar-refractivity contribution >= 4 is 33.3 Å². The molecule has 1 N–H and O–H groups in total. The first-order chi connectivity index (χ1) is 16.7. The van der Waals surface area contributed by atoms with Gasteiger partial charge in [0, 0.05) is 24.8 Å². The van der Waals surface area contributed by atoms with E-state index in [9.17, 15) is 22.0 Å². The Labute approximate surface area is 200 Å². The molecule has 3 aromatic rings. The average molecular weight is 507 g/mol. The van der Waals surface area contributed by atoms with E-state index in [1.807, 2.05) is 4.90 Å². The van der Waals surface area contributed by atoms with E-state index >= 15 is 0 Å². The lowest BCUT2D eigenvalue weighted by atomic mass is 10.0. The lowest BCUT2D eigenvalue weighted by Gasteiger charge is -2.26. The molecule has 13 heteroatoms. The molecule has 1 aromatic carbocycles. The molecule has 2 atom stereocenters. The molecule has 5 rings (SSSR count). The van der Waals surface area contributed by atoms with Gasteiger partial charge in [-0.15, -0.1) is 0 Å². The van der Waals surface area contributed by atoms with Gasteiger partial charge in [0.15, 0.2) is 5.65 Å². The van der Waals surface area contributed by atoms with Crippen molar-refractivity contribution in [1.29, 1.82) is 0 Å². The maximum Gasteiger partial charge on any atom is 0.322 e. The van der Waals surface area contributed by atoms with Crippen LogP contribution >= 0.6 is 0 Å². The van der Waals surface area contributed by atoms with Crippen molar-refractivity contribution < 1.29 is 26.2 Å². The number of fused-ring (bicyclic) bond motifs is 1. The third-order valence-corrected chi connectivity index (χ3v) is 6.82. The monoisotopic (exact) mass is 506 g/mol. The second kappa shape index (κ2) is 9.04. The van der Waals surface area contributed by atoms with Crippen molar-refractivity contribution in [1.82, 2.24) is 19.5 Å². The second-order valence-corrected chi connectivity index (χ2v) is 10.3. The van der Waals surface area contributed by atoms with Gasteiger partial charge in [-0.25, -0.2) is 23.1 Å². The van der Waals surface area contributed by atoms with Crippen LogP contribution in [-0.2, 0) is 14.3 Å². The summed E-state index contributed by atoms with van der Waals surface area (Å²) in [5.41, 5.74) is 1.05. The third kappa shape index (κ3) is 4.91. The van der Waals surface area contributed by atoms with Crippen molar-refractivity contribution in [3.63, 3.8) is 0 Å². The van der Waals surface area contributed by atoms with Crippen LogP contribution in [0.4, 0.5) is 25.1 Å². The van der Waals surface area contributed by atoms with Gasteiger partial charge < -0.3 is 15.1 Å². The number of nitrogens with one attached hydrogen (secondary N) is 1. The zero-order chi connectivity index (χ0) is 24.7. The highest BCUT2D eigenvalue weighted by Crippen LogP contribution is 2.37. The first-order valence-corrected chi connectivity index (χ1v) is 13.0. The number of urea groups is 1. The first-order valence-electron chi connectivity index (χ1n) is 11.2. The van der Waals surface area contributed by atoms with Crippen molar-refractivity contribution in [2.75, 3.05) is 36.1 Å². The zero-order valence-corrected chi connectivity index (χ0v) is 19.7. The molecule has 0 spiro atoms. The number of amides is 2. The summed E-state index contributed by atoms with van der Waals surface area (Å²) in [4.78, 5) is 20.8. The highest BCUT2D eigenvalue weighted by molar-refractivity contribution is 7.86. The van der Waals surface area contributed by atoms with Gasteiger partial charge in [0.2, 0.25) is 0 Å². The van der Waals surface area contributed by atoms with Gasteiger partial charge in [-0.3, -0.25) is 4.18 Å². The number of anilines is 2. The summed E-state index contributed by atoms with van der Waals surface area (Å²) >= 11 is 0. The molecule has 0 saturated carbocycles. The number of likely N-dealkylation sites (tertiary alicyclic amines) is 1. The number of rotatable bonds is 5. The molecule has 2 fully saturated rings. The number of hydrogen-bond acceptors (Lipinski definition) is 7. The maximum absolute atomic E-state index is 14.5. The van der Waals surface area contributed by atoms with Gasteiger partial charge in [-0.2, -0.15) is 13.5 Å².